The molecule has 2 aromatic rings. The van der Waals surface area contributed by atoms with Gasteiger partial charge in [0.15, 0.2) is 11.6 Å². The van der Waals surface area contributed by atoms with E-state index >= 15 is 0 Å². The van der Waals surface area contributed by atoms with Gasteiger partial charge in [0, 0.05) is 18.5 Å². The molecule has 0 unspecified atom stereocenters. The lowest BCUT2D eigenvalue weighted by atomic mass is 10.3. The molecule has 0 aliphatic rings. The SMILES string of the molecule is CCN(Cc1cccs1)c1ncnc(NC)c1OC. The summed E-state index contributed by atoms with van der Waals surface area (Å²) in [6.07, 6.45) is 1.56. The van der Waals surface area contributed by atoms with Gasteiger partial charge in [-0.1, -0.05) is 6.07 Å². The van der Waals surface area contributed by atoms with Crippen LogP contribution in [0.3, 0.4) is 0 Å². The molecule has 0 spiro atoms. The van der Waals surface area contributed by atoms with Crippen molar-refractivity contribution in [1.29, 1.82) is 0 Å². The zero-order chi connectivity index (χ0) is 13.7. The van der Waals surface area contributed by atoms with E-state index in [-0.39, 0.29) is 0 Å². The molecule has 0 atom stereocenters. The summed E-state index contributed by atoms with van der Waals surface area (Å²) >= 11 is 1.74. The molecule has 1 N–H and O–H groups in total. The van der Waals surface area contributed by atoms with Gasteiger partial charge in [0.25, 0.3) is 0 Å². The first-order chi connectivity index (χ1) is 9.30. The van der Waals surface area contributed by atoms with Crippen molar-refractivity contribution in [1.82, 2.24) is 9.97 Å². The average molecular weight is 278 g/mol. The van der Waals surface area contributed by atoms with E-state index in [0.717, 1.165) is 18.9 Å². The van der Waals surface area contributed by atoms with Crippen molar-refractivity contribution in [2.45, 2.75) is 13.5 Å². The maximum absolute atomic E-state index is 5.44. The van der Waals surface area contributed by atoms with Crippen LogP contribution in [0.5, 0.6) is 5.75 Å². The Morgan fingerprint density at radius 2 is 2.26 bits per heavy atom. The van der Waals surface area contributed by atoms with Crippen molar-refractivity contribution < 1.29 is 4.74 Å². The third-order valence-electron chi connectivity index (χ3n) is 2.83. The second-order valence-electron chi connectivity index (χ2n) is 3.92. The summed E-state index contributed by atoms with van der Waals surface area (Å²) in [5.41, 5.74) is 0. The highest BCUT2D eigenvalue weighted by atomic mass is 32.1. The Kier molecular flexibility index (Phi) is 4.57. The first-order valence-electron chi connectivity index (χ1n) is 6.14. The van der Waals surface area contributed by atoms with Crippen LogP contribution in [0.1, 0.15) is 11.8 Å². The molecular formula is C13H18N4OS. The quantitative estimate of drug-likeness (QED) is 0.880. The fourth-order valence-corrected chi connectivity index (χ4v) is 2.60. The fraction of sp³-hybridized carbons (Fsp3) is 0.385. The second kappa shape index (κ2) is 6.38. The summed E-state index contributed by atoms with van der Waals surface area (Å²) in [5.74, 6) is 2.21. The number of anilines is 2. The lowest BCUT2D eigenvalue weighted by Crippen LogP contribution is -2.23. The number of hydrogen-bond donors (Lipinski definition) is 1. The Labute approximate surface area is 117 Å². The molecule has 2 heterocycles. The molecule has 19 heavy (non-hydrogen) atoms. The molecule has 2 rings (SSSR count). The molecule has 0 radical (unpaired) electrons. The van der Waals surface area contributed by atoms with Crippen molar-refractivity contribution in [3.05, 3.63) is 28.7 Å². The first-order valence-corrected chi connectivity index (χ1v) is 7.02. The van der Waals surface area contributed by atoms with E-state index in [1.54, 1.807) is 24.8 Å². The zero-order valence-electron chi connectivity index (χ0n) is 11.4. The second-order valence-corrected chi connectivity index (χ2v) is 4.95. The van der Waals surface area contributed by atoms with Gasteiger partial charge in [-0.15, -0.1) is 11.3 Å². The highest BCUT2D eigenvalue weighted by molar-refractivity contribution is 7.09. The summed E-state index contributed by atoms with van der Waals surface area (Å²) < 4.78 is 5.44. The Bertz CT molecular complexity index is 515. The van der Waals surface area contributed by atoms with Crippen molar-refractivity contribution in [2.75, 3.05) is 30.9 Å². The number of ether oxygens (including phenoxy) is 1. The third kappa shape index (κ3) is 2.96. The molecule has 2 aromatic heterocycles. The topological polar surface area (TPSA) is 50.3 Å². The van der Waals surface area contributed by atoms with E-state index in [1.807, 2.05) is 7.05 Å². The maximum Gasteiger partial charge on any atom is 0.204 e. The van der Waals surface area contributed by atoms with Crippen LogP contribution in [0.2, 0.25) is 0 Å². The lowest BCUT2D eigenvalue weighted by Gasteiger charge is -2.23. The van der Waals surface area contributed by atoms with Gasteiger partial charge < -0.3 is 15.0 Å². The van der Waals surface area contributed by atoms with Gasteiger partial charge in [-0.05, 0) is 18.4 Å². The minimum absolute atomic E-state index is 0.684. The van der Waals surface area contributed by atoms with E-state index < -0.39 is 0 Å². The Hall–Kier alpha value is -1.82. The molecule has 0 saturated carbocycles. The number of nitrogens with one attached hydrogen (secondary N) is 1. The van der Waals surface area contributed by atoms with E-state index in [0.29, 0.717) is 11.6 Å². The Morgan fingerprint density at radius 1 is 1.42 bits per heavy atom. The summed E-state index contributed by atoms with van der Waals surface area (Å²) in [4.78, 5) is 12.0. The summed E-state index contributed by atoms with van der Waals surface area (Å²) in [5, 5.41) is 5.11. The van der Waals surface area contributed by atoms with Gasteiger partial charge in [-0.2, -0.15) is 0 Å². The largest absolute Gasteiger partial charge is 0.490 e. The van der Waals surface area contributed by atoms with Crippen LogP contribution >= 0.6 is 11.3 Å². The molecule has 0 fully saturated rings. The van der Waals surface area contributed by atoms with Crippen LogP contribution in [0.4, 0.5) is 11.6 Å². The molecule has 0 aliphatic carbocycles. The monoisotopic (exact) mass is 278 g/mol. The van der Waals surface area contributed by atoms with Crippen LogP contribution < -0.4 is 15.0 Å². The van der Waals surface area contributed by atoms with Gasteiger partial charge >= 0.3 is 0 Å². The molecule has 0 amide bonds. The van der Waals surface area contributed by atoms with Crippen molar-refractivity contribution in [3.8, 4) is 5.75 Å². The molecule has 6 heteroatoms. The van der Waals surface area contributed by atoms with E-state index in [2.05, 4.69) is 44.6 Å². The number of nitrogens with zero attached hydrogens (tertiary/aromatic N) is 3. The number of rotatable bonds is 6. The standard InChI is InChI=1S/C13H18N4OS/c1-4-17(8-10-6-5-7-19-10)13-11(18-3)12(14-2)15-9-16-13/h5-7,9H,4,8H2,1-3H3,(H,14,15,16). The lowest BCUT2D eigenvalue weighted by molar-refractivity contribution is 0.412. The van der Waals surface area contributed by atoms with Crippen molar-refractivity contribution in [2.24, 2.45) is 0 Å². The van der Waals surface area contributed by atoms with E-state index in [4.69, 9.17) is 4.74 Å². The molecule has 102 valence electrons. The minimum Gasteiger partial charge on any atom is -0.490 e. The van der Waals surface area contributed by atoms with Gasteiger partial charge in [-0.3, -0.25) is 0 Å². The number of hydrogen-bond acceptors (Lipinski definition) is 6. The Morgan fingerprint density at radius 3 is 2.84 bits per heavy atom. The van der Waals surface area contributed by atoms with Gasteiger partial charge in [0.1, 0.15) is 6.33 Å². The van der Waals surface area contributed by atoms with E-state index in [9.17, 15) is 0 Å². The summed E-state index contributed by atoms with van der Waals surface area (Å²) in [7, 11) is 3.46. The smallest absolute Gasteiger partial charge is 0.204 e. The minimum atomic E-state index is 0.684. The highest BCUT2D eigenvalue weighted by Gasteiger charge is 2.17. The van der Waals surface area contributed by atoms with Crippen LogP contribution in [0.15, 0.2) is 23.8 Å². The van der Waals surface area contributed by atoms with Gasteiger partial charge in [0.05, 0.1) is 13.7 Å². The van der Waals surface area contributed by atoms with Gasteiger partial charge in [0.2, 0.25) is 5.75 Å². The normalized spacial score (nSPS) is 10.3. The molecule has 0 aromatic carbocycles. The predicted octanol–water partition coefficient (Wildman–Crippen LogP) is 2.61. The molecule has 0 aliphatic heterocycles. The molecule has 5 nitrogen and oxygen atoms in total. The number of aromatic nitrogens is 2. The van der Waals surface area contributed by atoms with Gasteiger partial charge in [-0.25, -0.2) is 9.97 Å². The maximum atomic E-state index is 5.44. The average Bonchev–Trinajstić information content (AvgIpc) is 2.96. The molecular weight excluding hydrogens is 260 g/mol. The summed E-state index contributed by atoms with van der Waals surface area (Å²) in [6, 6.07) is 4.18. The number of methoxy groups -OCH3 is 1. The fourth-order valence-electron chi connectivity index (χ4n) is 1.88. The summed E-state index contributed by atoms with van der Waals surface area (Å²) in [6.45, 7) is 3.79. The van der Waals surface area contributed by atoms with Crippen molar-refractivity contribution >= 4 is 23.0 Å². The van der Waals surface area contributed by atoms with Crippen molar-refractivity contribution in [3.63, 3.8) is 0 Å². The highest BCUT2D eigenvalue weighted by Crippen LogP contribution is 2.32. The zero-order valence-corrected chi connectivity index (χ0v) is 12.2. The van der Waals surface area contributed by atoms with Crippen LogP contribution in [0.25, 0.3) is 0 Å². The van der Waals surface area contributed by atoms with Crippen LogP contribution in [-0.2, 0) is 6.54 Å². The predicted molar refractivity (Wildman–Crippen MR) is 79.2 cm³/mol. The first kappa shape index (κ1) is 13.6. The molecule has 0 bridgehead atoms. The molecule has 0 saturated heterocycles. The van der Waals surface area contributed by atoms with Crippen LogP contribution in [-0.4, -0.2) is 30.7 Å². The third-order valence-corrected chi connectivity index (χ3v) is 3.70. The van der Waals surface area contributed by atoms with Crippen LogP contribution in [0, 0.1) is 0 Å². The number of thiophene rings is 1. The van der Waals surface area contributed by atoms with E-state index in [1.165, 1.54) is 4.88 Å². The Balaban J connectivity index is 2.32.